The molecule has 0 amide bonds. The van der Waals surface area contributed by atoms with Crippen LogP contribution < -0.4 is 20.1 Å². The molecule has 0 heterocycles. The summed E-state index contributed by atoms with van der Waals surface area (Å²) in [6.07, 6.45) is 0. The number of nitrogens with one attached hydrogen (secondary N) is 3. The van der Waals surface area contributed by atoms with Crippen LogP contribution in [0.15, 0.2) is 58.4 Å². The number of hydrogen-bond acceptors (Lipinski definition) is 4. The lowest BCUT2D eigenvalue weighted by Crippen LogP contribution is -2.42. The summed E-state index contributed by atoms with van der Waals surface area (Å²) in [7, 11) is -1.88. The van der Waals surface area contributed by atoms with Gasteiger partial charge in [0, 0.05) is 20.1 Å². The molecule has 3 N–H and O–H groups in total. The van der Waals surface area contributed by atoms with Gasteiger partial charge in [0.25, 0.3) is 0 Å². The first kappa shape index (κ1) is 21.7. The highest BCUT2D eigenvalue weighted by Crippen LogP contribution is 2.16. The van der Waals surface area contributed by atoms with Crippen molar-refractivity contribution in [1.82, 2.24) is 15.4 Å². The van der Waals surface area contributed by atoms with Crippen molar-refractivity contribution in [2.75, 3.05) is 33.3 Å². The molecule has 0 saturated heterocycles. The SMILES string of the molecule is CN=C(NCCNS(=O)(=O)c1cc(C)ccc1C)NCCOc1ccccc1. The number of ether oxygens (including phenoxy) is 1. The van der Waals surface area contributed by atoms with Gasteiger partial charge in [0.15, 0.2) is 5.96 Å². The Balaban J connectivity index is 1.71. The molecule has 0 atom stereocenters. The Labute approximate surface area is 167 Å². The number of nitrogens with zero attached hydrogens (tertiary/aromatic N) is 1. The van der Waals surface area contributed by atoms with Gasteiger partial charge >= 0.3 is 0 Å². The van der Waals surface area contributed by atoms with Crippen LogP contribution in [0, 0.1) is 13.8 Å². The van der Waals surface area contributed by atoms with Gasteiger partial charge < -0.3 is 15.4 Å². The average Bonchev–Trinajstić information content (AvgIpc) is 2.69. The molecule has 0 spiro atoms. The number of rotatable bonds is 9. The minimum absolute atomic E-state index is 0.247. The predicted octanol–water partition coefficient (Wildman–Crippen LogP) is 1.83. The van der Waals surface area contributed by atoms with E-state index in [4.69, 9.17) is 4.74 Å². The summed E-state index contributed by atoms with van der Waals surface area (Å²) in [5, 5.41) is 6.20. The number of para-hydroxylation sites is 1. The summed E-state index contributed by atoms with van der Waals surface area (Å²) >= 11 is 0. The van der Waals surface area contributed by atoms with E-state index in [2.05, 4.69) is 20.3 Å². The molecule has 0 aliphatic carbocycles. The molecule has 2 rings (SSSR count). The molecule has 0 aliphatic rings. The lowest BCUT2D eigenvalue weighted by atomic mass is 10.2. The van der Waals surface area contributed by atoms with Crippen LogP contribution in [-0.2, 0) is 10.0 Å². The predicted molar refractivity (Wildman–Crippen MR) is 112 cm³/mol. The van der Waals surface area contributed by atoms with Crippen molar-refractivity contribution in [2.45, 2.75) is 18.7 Å². The minimum Gasteiger partial charge on any atom is -0.492 e. The Kier molecular flexibility index (Phi) is 8.28. The molecule has 0 aliphatic heterocycles. The maximum Gasteiger partial charge on any atom is 0.240 e. The van der Waals surface area contributed by atoms with E-state index in [-0.39, 0.29) is 6.54 Å². The van der Waals surface area contributed by atoms with Gasteiger partial charge in [-0.05, 0) is 43.2 Å². The van der Waals surface area contributed by atoms with Gasteiger partial charge in [-0.25, -0.2) is 13.1 Å². The summed E-state index contributed by atoms with van der Waals surface area (Å²) in [5.74, 6) is 1.40. The highest BCUT2D eigenvalue weighted by atomic mass is 32.2. The Morgan fingerprint density at radius 1 is 1.00 bits per heavy atom. The van der Waals surface area contributed by atoms with Crippen LogP contribution in [0.1, 0.15) is 11.1 Å². The molecular formula is C20H28N4O3S. The van der Waals surface area contributed by atoms with Crippen molar-refractivity contribution >= 4 is 16.0 Å². The van der Waals surface area contributed by atoms with Crippen LogP contribution in [-0.4, -0.2) is 47.7 Å². The number of guanidine groups is 1. The van der Waals surface area contributed by atoms with Gasteiger partial charge in [-0.15, -0.1) is 0 Å². The van der Waals surface area contributed by atoms with Gasteiger partial charge in [0.05, 0.1) is 11.4 Å². The van der Waals surface area contributed by atoms with Crippen LogP contribution in [0.3, 0.4) is 0 Å². The quantitative estimate of drug-likeness (QED) is 0.337. The molecule has 2 aromatic rings. The van der Waals surface area contributed by atoms with Crippen LogP contribution in [0.2, 0.25) is 0 Å². The molecule has 0 saturated carbocycles. The smallest absolute Gasteiger partial charge is 0.240 e. The molecule has 0 fully saturated rings. The zero-order chi connectivity index (χ0) is 20.4. The normalized spacial score (nSPS) is 11.9. The van der Waals surface area contributed by atoms with E-state index in [1.54, 1.807) is 20.0 Å². The van der Waals surface area contributed by atoms with E-state index in [0.717, 1.165) is 16.9 Å². The van der Waals surface area contributed by atoms with E-state index in [9.17, 15) is 8.42 Å². The van der Waals surface area contributed by atoms with E-state index in [0.29, 0.717) is 30.6 Å². The van der Waals surface area contributed by atoms with Crippen LogP contribution in [0.25, 0.3) is 0 Å². The number of hydrogen-bond donors (Lipinski definition) is 3. The molecule has 0 radical (unpaired) electrons. The zero-order valence-electron chi connectivity index (χ0n) is 16.5. The second-order valence-electron chi connectivity index (χ2n) is 6.25. The molecule has 7 nitrogen and oxygen atoms in total. The van der Waals surface area contributed by atoms with Crippen LogP contribution >= 0.6 is 0 Å². The Hall–Kier alpha value is -2.58. The summed E-state index contributed by atoms with van der Waals surface area (Å²) in [5.41, 5.74) is 1.63. The summed E-state index contributed by atoms with van der Waals surface area (Å²) < 4.78 is 33.1. The van der Waals surface area contributed by atoms with Crippen molar-refractivity contribution in [3.63, 3.8) is 0 Å². The zero-order valence-corrected chi connectivity index (χ0v) is 17.3. The molecule has 152 valence electrons. The molecule has 8 heteroatoms. The van der Waals surface area contributed by atoms with Gasteiger partial charge in [0.2, 0.25) is 10.0 Å². The lowest BCUT2D eigenvalue weighted by molar-refractivity contribution is 0.322. The van der Waals surface area contributed by atoms with Crippen molar-refractivity contribution < 1.29 is 13.2 Å². The largest absolute Gasteiger partial charge is 0.492 e. The van der Waals surface area contributed by atoms with Gasteiger partial charge in [-0.1, -0.05) is 30.3 Å². The molecule has 0 bridgehead atoms. The Morgan fingerprint density at radius 2 is 1.71 bits per heavy atom. The first-order valence-corrected chi connectivity index (χ1v) is 10.6. The van der Waals surface area contributed by atoms with Crippen molar-refractivity contribution in [3.05, 3.63) is 59.7 Å². The maximum atomic E-state index is 12.5. The number of benzene rings is 2. The monoisotopic (exact) mass is 404 g/mol. The second-order valence-corrected chi connectivity index (χ2v) is 7.99. The molecule has 0 aromatic heterocycles. The third-order valence-corrected chi connectivity index (χ3v) is 5.58. The number of sulfonamides is 1. The lowest BCUT2D eigenvalue weighted by Gasteiger charge is -2.14. The second kappa shape index (κ2) is 10.7. The molecule has 2 aromatic carbocycles. The first-order chi connectivity index (χ1) is 13.4. The van der Waals surface area contributed by atoms with E-state index < -0.39 is 10.0 Å². The highest BCUT2D eigenvalue weighted by molar-refractivity contribution is 7.89. The molecular weight excluding hydrogens is 376 g/mol. The van der Waals surface area contributed by atoms with Crippen molar-refractivity contribution in [2.24, 2.45) is 4.99 Å². The standard InChI is InChI=1S/C20H28N4O3S/c1-16-9-10-17(2)19(15-16)28(25,26)24-12-11-22-20(21-3)23-13-14-27-18-7-5-4-6-8-18/h4-10,15,24H,11-14H2,1-3H3,(H2,21,22,23). The Morgan fingerprint density at radius 3 is 2.43 bits per heavy atom. The minimum atomic E-state index is -3.54. The van der Waals surface area contributed by atoms with Crippen LogP contribution in [0.5, 0.6) is 5.75 Å². The molecule has 0 unspecified atom stereocenters. The average molecular weight is 405 g/mol. The van der Waals surface area contributed by atoms with E-state index in [1.165, 1.54) is 0 Å². The van der Waals surface area contributed by atoms with Gasteiger partial charge in [0.1, 0.15) is 12.4 Å². The van der Waals surface area contributed by atoms with Crippen LogP contribution in [0.4, 0.5) is 0 Å². The van der Waals surface area contributed by atoms with Crippen molar-refractivity contribution in [3.8, 4) is 5.75 Å². The first-order valence-electron chi connectivity index (χ1n) is 9.11. The van der Waals surface area contributed by atoms with Gasteiger partial charge in [-0.2, -0.15) is 0 Å². The van der Waals surface area contributed by atoms with Gasteiger partial charge in [-0.3, -0.25) is 4.99 Å². The topological polar surface area (TPSA) is 91.8 Å². The summed E-state index contributed by atoms with van der Waals surface area (Å²) in [4.78, 5) is 4.43. The Bertz CT molecular complexity index is 884. The third kappa shape index (κ3) is 6.86. The fourth-order valence-electron chi connectivity index (χ4n) is 2.52. The fourth-order valence-corrected chi connectivity index (χ4v) is 3.88. The highest BCUT2D eigenvalue weighted by Gasteiger charge is 2.16. The molecule has 28 heavy (non-hydrogen) atoms. The fraction of sp³-hybridized carbons (Fsp3) is 0.350. The maximum absolute atomic E-state index is 12.5. The summed E-state index contributed by atoms with van der Waals surface area (Å²) in [6, 6.07) is 15.0. The summed E-state index contributed by atoms with van der Waals surface area (Å²) in [6.45, 7) is 5.37. The number of aryl methyl sites for hydroxylation is 2. The van der Waals surface area contributed by atoms with E-state index >= 15 is 0 Å². The third-order valence-electron chi connectivity index (χ3n) is 3.97. The number of aliphatic imine (C=N–C) groups is 1. The van der Waals surface area contributed by atoms with E-state index in [1.807, 2.05) is 49.4 Å². The van der Waals surface area contributed by atoms with Crippen molar-refractivity contribution in [1.29, 1.82) is 0 Å².